The number of hydrogen-bond acceptors (Lipinski definition) is 2. The Kier molecular flexibility index (Phi) is 2.75. The van der Waals surface area contributed by atoms with Crippen LogP contribution in [0.2, 0.25) is 0 Å². The van der Waals surface area contributed by atoms with Gasteiger partial charge in [-0.15, -0.1) is 0 Å². The van der Waals surface area contributed by atoms with Crippen molar-refractivity contribution < 1.29 is 4.74 Å². The molecule has 2 rings (SSSR count). The zero-order chi connectivity index (χ0) is 7.52. The molecular formula is C9H16OS. The molecule has 2 heteroatoms. The third-order valence-corrected chi connectivity index (χ3v) is 4.18. The topological polar surface area (TPSA) is 9.23 Å². The van der Waals surface area contributed by atoms with E-state index in [2.05, 4.69) is 11.8 Å². The van der Waals surface area contributed by atoms with E-state index in [0.717, 1.165) is 24.4 Å². The molecule has 0 aromatic heterocycles. The summed E-state index contributed by atoms with van der Waals surface area (Å²) in [6.45, 7) is 2.06. The SMILES string of the molecule is C1CCC(SCC2COC2)C1. The highest BCUT2D eigenvalue weighted by molar-refractivity contribution is 7.99. The van der Waals surface area contributed by atoms with Gasteiger partial charge in [0.1, 0.15) is 0 Å². The van der Waals surface area contributed by atoms with Crippen LogP contribution in [0.5, 0.6) is 0 Å². The van der Waals surface area contributed by atoms with Crippen molar-refractivity contribution in [1.29, 1.82) is 0 Å². The highest BCUT2D eigenvalue weighted by atomic mass is 32.2. The molecule has 0 spiro atoms. The molecule has 0 bridgehead atoms. The fraction of sp³-hybridized carbons (Fsp3) is 1.00. The smallest absolute Gasteiger partial charge is 0.0524 e. The molecule has 0 amide bonds. The van der Waals surface area contributed by atoms with Crippen molar-refractivity contribution in [3.63, 3.8) is 0 Å². The molecular weight excluding hydrogens is 156 g/mol. The third-order valence-electron chi connectivity index (χ3n) is 2.58. The van der Waals surface area contributed by atoms with Crippen LogP contribution in [-0.2, 0) is 4.74 Å². The van der Waals surface area contributed by atoms with Crippen molar-refractivity contribution in [3.8, 4) is 0 Å². The zero-order valence-corrected chi connectivity index (χ0v) is 7.74. The lowest BCUT2D eigenvalue weighted by Crippen LogP contribution is -2.29. The first-order valence-corrected chi connectivity index (χ1v) is 5.69. The number of rotatable bonds is 3. The molecule has 1 saturated heterocycles. The van der Waals surface area contributed by atoms with Crippen LogP contribution in [0.4, 0.5) is 0 Å². The largest absolute Gasteiger partial charge is 0.381 e. The first-order chi connectivity index (χ1) is 5.45. The second-order valence-electron chi connectivity index (χ2n) is 3.64. The minimum atomic E-state index is 0.889. The second-order valence-corrected chi connectivity index (χ2v) is 4.98. The summed E-state index contributed by atoms with van der Waals surface area (Å²) in [4.78, 5) is 0. The van der Waals surface area contributed by atoms with Gasteiger partial charge in [-0.25, -0.2) is 0 Å². The summed E-state index contributed by atoms with van der Waals surface area (Å²) in [7, 11) is 0. The van der Waals surface area contributed by atoms with Crippen molar-refractivity contribution in [3.05, 3.63) is 0 Å². The summed E-state index contributed by atoms with van der Waals surface area (Å²) >= 11 is 2.19. The minimum absolute atomic E-state index is 0.889. The zero-order valence-electron chi connectivity index (χ0n) is 6.92. The summed E-state index contributed by atoms with van der Waals surface area (Å²) in [5, 5.41) is 0.996. The number of ether oxygens (including phenoxy) is 1. The highest BCUT2D eigenvalue weighted by Gasteiger charge is 2.21. The molecule has 2 fully saturated rings. The molecule has 1 aliphatic heterocycles. The average Bonchev–Trinajstić information content (AvgIpc) is 2.36. The highest BCUT2D eigenvalue weighted by Crippen LogP contribution is 2.31. The summed E-state index contributed by atoms with van der Waals surface area (Å²) in [5.74, 6) is 2.24. The van der Waals surface area contributed by atoms with E-state index in [0.29, 0.717) is 0 Å². The van der Waals surface area contributed by atoms with E-state index in [4.69, 9.17) is 4.74 Å². The van der Waals surface area contributed by atoms with Crippen LogP contribution in [0.25, 0.3) is 0 Å². The molecule has 1 saturated carbocycles. The molecule has 64 valence electrons. The maximum Gasteiger partial charge on any atom is 0.0524 e. The first kappa shape index (κ1) is 7.93. The van der Waals surface area contributed by atoms with Gasteiger partial charge in [0.2, 0.25) is 0 Å². The number of thioether (sulfide) groups is 1. The predicted molar refractivity (Wildman–Crippen MR) is 49.0 cm³/mol. The summed E-state index contributed by atoms with van der Waals surface area (Å²) in [5.41, 5.74) is 0. The van der Waals surface area contributed by atoms with Crippen molar-refractivity contribution in [2.75, 3.05) is 19.0 Å². The van der Waals surface area contributed by atoms with E-state index in [9.17, 15) is 0 Å². The Balaban J connectivity index is 1.57. The molecule has 0 aromatic carbocycles. The van der Waals surface area contributed by atoms with E-state index >= 15 is 0 Å². The van der Waals surface area contributed by atoms with Crippen molar-refractivity contribution in [2.45, 2.75) is 30.9 Å². The predicted octanol–water partition coefficient (Wildman–Crippen LogP) is 2.31. The lowest BCUT2D eigenvalue weighted by atomic mass is 10.1. The summed E-state index contributed by atoms with van der Waals surface area (Å²) in [6, 6.07) is 0. The molecule has 0 aromatic rings. The Morgan fingerprint density at radius 3 is 2.45 bits per heavy atom. The Labute approximate surface area is 72.9 Å². The Morgan fingerprint density at radius 1 is 1.18 bits per heavy atom. The van der Waals surface area contributed by atoms with Gasteiger partial charge in [0, 0.05) is 16.9 Å². The molecule has 1 aliphatic carbocycles. The van der Waals surface area contributed by atoms with Crippen LogP contribution < -0.4 is 0 Å². The molecule has 1 nitrogen and oxygen atoms in total. The first-order valence-electron chi connectivity index (χ1n) is 4.64. The lowest BCUT2D eigenvalue weighted by Gasteiger charge is -2.26. The molecule has 1 heterocycles. The van der Waals surface area contributed by atoms with Gasteiger partial charge >= 0.3 is 0 Å². The minimum Gasteiger partial charge on any atom is -0.381 e. The van der Waals surface area contributed by atoms with Crippen molar-refractivity contribution >= 4 is 11.8 Å². The third kappa shape index (κ3) is 2.12. The Bertz CT molecular complexity index is 117. The van der Waals surface area contributed by atoms with Crippen molar-refractivity contribution in [2.24, 2.45) is 5.92 Å². The Hall–Kier alpha value is 0.310. The van der Waals surface area contributed by atoms with Crippen LogP contribution in [0.3, 0.4) is 0 Å². The van der Waals surface area contributed by atoms with Gasteiger partial charge in [-0.1, -0.05) is 12.8 Å². The summed E-state index contributed by atoms with van der Waals surface area (Å²) in [6.07, 6.45) is 5.88. The number of hydrogen-bond donors (Lipinski definition) is 0. The maximum atomic E-state index is 5.14. The fourth-order valence-corrected chi connectivity index (χ4v) is 3.11. The molecule has 0 unspecified atom stereocenters. The normalized spacial score (nSPS) is 27.3. The van der Waals surface area contributed by atoms with E-state index in [1.54, 1.807) is 0 Å². The van der Waals surface area contributed by atoms with E-state index in [-0.39, 0.29) is 0 Å². The Morgan fingerprint density at radius 2 is 1.91 bits per heavy atom. The van der Waals surface area contributed by atoms with Gasteiger partial charge < -0.3 is 4.74 Å². The average molecular weight is 172 g/mol. The van der Waals surface area contributed by atoms with Gasteiger partial charge in [0.05, 0.1) is 13.2 Å². The lowest BCUT2D eigenvalue weighted by molar-refractivity contribution is -0.0196. The van der Waals surface area contributed by atoms with Crippen LogP contribution in [0, 0.1) is 5.92 Å². The van der Waals surface area contributed by atoms with Crippen LogP contribution in [-0.4, -0.2) is 24.2 Å². The fourth-order valence-electron chi connectivity index (χ4n) is 1.71. The van der Waals surface area contributed by atoms with Gasteiger partial charge in [-0.3, -0.25) is 0 Å². The molecule has 0 N–H and O–H groups in total. The van der Waals surface area contributed by atoms with E-state index in [1.165, 1.54) is 31.4 Å². The van der Waals surface area contributed by atoms with Crippen LogP contribution in [0.1, 0.15) is 25.7 Å². The van der Waals surface area contributed by atoms with Gasteiger partial charge in [-0.2, -0.15) is 11.8 Å². The quantitative estimate of drug-likeness (QED) is 0.646. The maximum absolute atomic E-state index is 5.14. The monoisotopic (exact) mass is 172 g/mol. The van der Waals surface area contributed by atoms with Gasteiger partial charge in [0.15, 0.2) is 0 Å². The van der Waals surface area contributed by atoms with E-state index < -0.39 is 0 Å². The molecule has 11 heavy (non-hydrogen) atoms. The van der Waals surface area contributed by atoms with Crippen LogP contribution in [0.15, 0.2) is 0 Å². The molecule has 0 atom stereocenters. The van der Waals surface area contributed by atoms with Crippen LogP contribution >= 0.6 is 11.8 Å². The summed E-state index contributed by atoms with van der Waals surface area (Å²) < 4.78 is 5.14. The molecule has 0 radical (unpaired) electrons. The standard InChI is InChI=1S/C9H16OS/c1-2-4-9(3-1)11-7-8-5-10-6-8/h8-9H,1-7H2. The second kappa shape index (κ2) is 3.81. The van der Waals surface area contributed by atoms with Crippen molar-refractivity contribution in [1.82, 2.24) is 0 Å². The van der Waals surface area contributed by atoms with Gasteiger partial charge in [-0.05, 0) is 12.8 Å². The van der Waals surface area contributed by atoms with Gasteiger partial charge in [0.25, 0.3) is 0 Å². The molecule has 2 aliphatic rings. The van der Waals surface area contributed by atoms with E-state index in [1.807, 2.05) is 0 Å².